The quantitative estimate of drug-likeness (QED) is 0.828. The summed E-state index contributed by atoms with van der Waals surface area (Å²) in [5, 5.41) is 5.43. The van der Waals surface area contributed by atoms with Crippen LogP contribution in [0.15, 0.2) is 30.5 Å². The van der Waals surface area contributed by atoms with E-state index in [4.69, 9.17) is 0 Å². The van der Waals surface area contributed by atoms with E-state index in [0.29, 0.717) is 12.3 Å². The first-order valence-electron chi connectivity index (χ1n) is 6.78. The number of Topliss-reactive ketones (excluding diaryl/α,β-unsaturated/α-hetero) is 1. The molecule has 1 fully saturated rings. The normalized spacial score (nSPS) is 17.1. The van der Waals surface area contributed by atoms with Gasteiger partial charge in [0.25, 0.3) is 0 Å². The van der Waals surface area contributed by atoms with E-state index in [1.54, 1.807) is 0 Å². The molecule has 0 radical (unpaired) electrons. The second-order valence-corrected chi connectivity index (χ2v) is 5.16. The third-order valence-corrected chi connectivity index (χ3v) is 3.92. The summed E-state index contributed by atoms with van der Waals surface area (Å²) in [7, 11) is 0. The van der Waals surface area contributed by atoms with Crippen molar-refractivity contribution in [3.8, 4) is 0 Å². The molecule has 0 bridgehead atoms. The molecular formula is C15H18N2O. The van der Waals surface area contributed by atoms with Crippen molar-refractivity contribution in [2.75, 3.05) is 0 Å². The zero-order chi connectivity index (χ0) is 12.4. The monoisotopic (exact) mass is 242 g/mol. The lowest BCUT2D eigenvalue weighted by Gasteiger charge is -2.20. The molecule has 1 aromatic heterocycles. The van der Waals surface area contributed by atoms with Gasteiger partial charge in [0, 0.05) is 11.3 Å². The van der Waals surface area contributed by atoms with Crippen molar-refractivity contribution in [3.05, 3.63) is 30.5 Å². The molecular weight excluding hydrogens is 224 g/mol. The number of rotatable bonds is 3. The van der Waals surface area contributed by atoms with Gasteiger partial charge < -0.3 is 0 Å². The van der Waals surface area contributed by atoms with Crippen molar-refractivity contribution in [2.24, 2.45) is 5.92 Å². The van der Waals surface area contributed by atoms with Crippen molar-refractivity contribution in [2.45, 2.75) is 38.6 Å². The molecule has 2 aromatic rings. The van der Waals surface area contributed by atoms with E-state index in [2.05, 4.69) is 5.10 Å². The van der Waals surface area contributed by atoms with Crippen LogP contribution >= 0.6 is 0 Å². The van der Waals surface area contributed by atoms with Crippen LogP contribution in [-0.2, 0) is 11.3 Å². The maximum absolute atomic E-state index is 12.2. The van der Waals surface area contributed by atoms with Crippen LogP contribution < -0.4 is 0 Å². The Labute approximate surface area is 107 Å². The predicted molar refractivity (Wildman–Crippen MR) is 71.3 cm³/mol. The molecule has 0 saturated heterocycles. The van der Waals surface area contributed by atoms with E-state index in [1.165, 1.54) is 19.3 Å². The van der Waals surface area contributed by atoms with E-state index < -0.39 is 0 Å². The summed E-state index contributed by atoms with van der Waals surface area (Å²) < 4.78 is 1.84. The van der Waals surface area contributed by atoms with Gasteiger partial charge in [-0.2, -0.15) is 5.10 Å². The molecule has 0 amide bonds. The van der Waals surface area contributed by atoms with Crippen LogP contribution in [0, 0.1) is 5.92 Å². The minimum absolute atomic E-state index is 0.265. The average Bonchev–Trinajstić information content (AvgIpc) is 2.83. The van der Waals surface area contributed by atoms with Crippen molar-refractivity contribution < 1.29 is 4.79 Å². The van der Waals surface area contributed by atoms with Crippen LogP contribution in [0.1, 0.15) is 32.1 Å². The van der Waals surface area contributed by atoms with Crippen LogP contribution in [0.5, 0.6) is 0 Å². The van der Waals surface area contributed by atoms with E-state index >= 15 is 0 Å². The number of nitrogens with zero attached hydrogens (tertiary/aromatic N) is 2. The maximum atomic E-state index is 12.2. The van der Waals surface area contributed by atoms with Crippen molar-refractivity contribution >= 4 is 16.7 Å². The molecule has 1 aromatic carbocycles. The Balaban J connectivity index is 1.77. The number of carbonyl (C=O) groups is 1. The third kappa shape index (κ3) is 2.17. The standard InChI is InChI=1S/C15H18N2O/c18-15(12-6-2-1-3-7-12)11-17-14-9-5-4-8-13(14)10-16-17/h4-5,8-10,12H,1-3,6-7,11H2. The summed E-state index contributed by atoms with van der Waals surface area (Å²) in [6.07, 6.45) is 7.67. The summed E-state index contributed by atoms with van der Waals surface area (Å²) in [5.41, 5.74) is 1.06. The number of aromatic nitrogens is 2. The van der Waals surface area contributed by atoms with Gasteiger partial charge in [0.1, 0.15) is 6.54 Å². The highest BCUT2D eigenvalue weighted by Gasteiger charge is 2.21. The van der Waals surface area contributed by atoms with Gasteiger partial charge in [-0.05, 0) is 18.9 Å². The van der Waals surface area contributed by atoms with Gasteiger partial charge in [0.15, 0.2) is 5.78 Å². The van der Waals surface area contributed by atoms with Gasteiger partial charge in [0.05, 0.1) is 11.7 Å². The summed E-state index contributed by atoms with van der Waals surface area (Å²) in [6.45, 7) is 0.429. The fraction of sp³-hybridized carbons (Fsp3) is 0.467. The Kier molecular flexibility index (Phi) is 3.13. The van der Waals surface area contributed by atoms with E-state index in [9.17, 15) is 4.79 Å². The molecule has 0 unspecified atom stereocenters. The molecule has 94 valence electrons. The molecule has 3 nitrogen and oxygen atoms in total. The lowest BCUT2D eigenvalue weighted by Crippen LogP contribution is -2.22. The third-order valence-electron chi connectivity index (χ3n) is 3.92. The number of hydrogen-bond acceptors (Lipinski definition) is 2. The fourth-order valence-electron chi connectivity index (χ4n) is 2.85. The zero-order valence-corrected chi connectivity index (χ0v) is 10.5. The topological polar surface area (TPSA) is 34.9 Å². The van der Waals surface area contributed by atoms with Gasteiger partial charge in [-0.15, -0.1) is 0 Å². The van der Waals surface area contributed by atoms with Gasteiger partial charge in [-0.1, -0.05) is 37.5 Å². The number of fused-ring (bicyclic) bond motifs is 1. The second-order valence-electron chi connectivity index (χ2n) is 5.16. The number of ketones is 1. The van der Waals surface area contributed by atoms with Gasteiger partial charge in [0.2, 0.25) is 0 Å². The zero-order valence-electron chi connectivity index (χ0n) is 10.5. The molecule has 0 atom stereocenters. The molecule has 3 heteroatoms. The Morgan fingerprint density at radius 2 is 2.00 bits per heavy atom. The highest BCUT2D eigenvalue weighted by molar-refractivity contribution is 5.84. The van der Waals surface area contributed by atoms with Crippen LogP contribution in [0.2, 0.25) is 0 Å². The van der Waals surface area contributed by atoms with Crippen LogP contribution in [0.25, 0.3) is 10.9 Å². The summed E-state index contributed by atoms with van der Waals surface area (Å²) in [6, 6.07) is 8.04. The highest BCUT2D eigenvalue weighted by atomic mass is 16.1. The first-order chi connectivity index (χ1) is 8.84. The SMILES string of the molecule is O=C(Cn1ncc2ccccc21)C1CCCCC1. The number of hydrogen-bond donors (Lipinski definition) is 0. The molecule has 1 heterocycles. The van der Waals surface area contributed by atoms with E-state index in [1.807, 2.05) is 35.1 Å². The molecule has 1 aliphatic rings. The molecule has 18 heavy (non-hydrogen) atoms. The van der Waals surface area contributed by atoms with Crippen LogP contribution in [0.3, 0.4) is 0 Å². The molecule has 1 aliphatic carbocycles. The smallest absolute Gasteiger partial charge is 0.157 e. The summed E-state index contributed by atoms with van der Waals surface area (Å²) in [5.74, 6) is 0.616. The van der Waals surface area contributed by atoms with E-state index in [-0.39, 0.29) is 5.92 Å². The molecule has 0 N–H and O–H groups in total. The van der Waals surface area contributed by atoms with E-state index in [0.717, 1.165) is 23.7 Å². The van der Waals surface area contributed by atoms with Gasteiger partial charge in [-0.25, -0.2) is 0 Å². The van der Waals surface area contributed by atoms with Crippen LogP contribution in [0.4, 0.5) is 0 Å². The largest absolute Gasteiger partial charge is 0.297 e. The number of benzene rings is 1. The molecule has 0 aliphatic heterocycles. The predicted octanol–water partition coefficient (Wildman–Crippen LogP) is 3.19. The number of para-hydroxylation sites is 1. The molecule has 0 spiro atoms. The second kappa shape index (κ2) is 4.92. The van der Waals surface area contributed by atoms with Gasteiger partial charge in [-0.3, -0.25) is 9.48 Å². The molecule has 3 rings (SSSR count). The first kappa shape index (κ1) is 11.5. The van der Waals surface area contributed by atoms with Crippen molar-refractivity contribution in [3.63, 3.8) is 0 Å². The molecule has 1 saturated carbocycles. The number of carbonyl (C=O) groups excluding carboxylic acids is 1. The first-order valence-corrected chi connectivity index (χ1v) is 6.78. The summed E-state index contributed by atoms with van der Waals surface area (Å²) >= 11 is 0. The Bertz CT molecular complexity index is 552. The van der Waals surface area contributed by atoms with Crippen molar-refractivity contribution in [1.82, 2.24) is 9.78 Å². The Morgan fingerprint density at radius 3 is 2.83 bits per heavy atom. The fourth-order valence-corrected chi connectivity index (χ4v) is 2.85. The summed E-state index contributed by atoms with van der Waals surface area (Å²) in [4.78, 5) is 12.2. The lowest BCUT2D eigenvalue weighted by molar-refractivity contribution is -0.124. The van der Waals surface area contributed by atoms with Crippen LogP contribution in [-0.4, -0.2) is 15.6 Å². The minimum atomic E-state index is 0.265. The van der Waals surface area contributed by atoms with Crippen molar-refractivity contribution in [1.29, 1.82) is 0 Å². The minimum Gasteiger partial charge on any atom is -0.297 e. The maximum Gasteiger partial charge on any atom is 0.157 e. The lowest BCUT2D eigenvalue weighted by atomic mass is 9.86. The highest BCUT2D eigenvalue weighted by Crippen LogP contribution is 2.25. The Hall–Kier alpha value is -1.64. The Morgan fingerprint density at radius 1 is 1.22 bits per heavy atom. The van der Waals surface area contributed by atoms with Gasteiger partial charge >= 0.3 is 0 Å². The average molecular weight is 242 g/mol.